The normalized spacial score (nSPS) is 10.9. The van der Waals surface area contributed by atoms with Crippen LogP contribution in [0.5, 0.6) is 5.75 Å². The van der Waals surface area contributed by atoms with Crippen LogP contribution in [0, 0.1) is 14.1 Å². The van der Waals surface area contributed by atoms with E-state index in [1.807, 2.05) is 73.7 Å². The Kier molecular flexibility index (Phi) is 8.05. The minimum Gasteiger partial charge on any atom is -0.487 e. The highest BCUT2D eigenvalue weighted by atomic mass is 127. The molecule has 0 fully saturated rings. The number of halogens is 2. The molecule has 0 saturated heterocycles. The second-order valence-corrected chi connectivity index (χ2v) is 8.87. The number of hydrazone groups is 1. The van der Waals surface area contributed by atoms with E-state index in [1.165, 1.54) is 5.56 Å². The topological polar surface area (TPSA) is 50.7 Å². The Balaban J connectivity index is 1.57. The fourth-order valence-corrected chi connectivity index (χ4v) is 4.76. The number of carbonyl (C=O) groups is 1. The number of rotatable bonds is 7. The standard InChI is InChI=1S/C23H20I2N2O2/c1-16-7-9-17(10-8-16)13-22(28)27-26-14-19-11-20(24)23(21(25)12-19)29-15-18-5-3-2-4-6-18/h2-12,14H,13,15H2,1H3,(H,27,28)/b26-14+. The first-order valence-corrected chi connectivity index (χ1v) is 11.2. The Morgan fingerprint density at radius 2 is 1.66 bits per heavy atom. The Labute approximate surface area is 198 Å². The third kappa shape index (κ3) is 6.81. The monoisotopic (exact) mass is 610 g/mol. The summed E-state index contributed by atoms with van der Waals surface area (Å²) in [6.07, 6.45) is 1.96. The Morgan fingerprint density at radius 3 is 2.31 bits per heavy atom. The minimum atomic E-state index is -0.141. The van der Waals surface area contributed by atoms with Crippen molar-refractivity contribution in [2.75, 3.05) is 0 Å². The largest absolute Gasteiger partial charge is 0.487 e. The van der Waals surface area contributed by atoms with Crippen LogP contribution in [-0.2, 0) is 17.8 Å². The van der Waals surface area contributed by atoms with Crippen molar-refractivity contribution in [3.8, 4) is 5.75 Å². The summed E-state index contributed by atoms with van der Waals surface area (Å²) in [5.74, 6) is 0.716. The smallest absolute Gasteiger partial charge is 0.244 e. The third-order valence-corrected chi connectivity index (χ3v) is 5.74. The lowest BCUT2D eigenvalue weighted by Crippen LogP contribution is -2.19. The first-order chi connectivity index (χ1) is 14.0. The van der Waals surface area contributed by atoms with Gasteiger partial charge in [0.05, 0.1) is 19.8 Å². The van der Waals surface area contributed by atoms with E-state index in [-0.39, 0.29) is 5.91 Å². The van der Waals surface area contributed by atoms with Crippen LogP contribution in [0.4, 0.5) is 0 Å². The molecule has 148 valence electrons. The fourth-order valence-electron chi connectivity index (χ4n) is 2.63. The summed E-state index contributed by atoms with van der Waals surface area (Å²) >= 11 is 4.52. The van der Waals surface area contributed by atoms with E-state index in [4.69, 9.17) is 4.74 Å². The van der Waals surface area contributed by atoms with Crippen molar-refractivity contribution >= 4 is 57.3 Å². The SMILES string of the molecule is Cc1ccc(CC(=O)N/N=C/c2cc(I)c(OCc3ccccc3)c(I)c2)cc1. The van der Waals surface area contributed by atoms with Gasteiger partial charge < -0.3 is 4.74 Å². The van der Waals surface area contributed by atoms with Crippen LogP contribution in [0.1, 0.15) is 22.3 Å². The van der Waals surface area contributed by atoms with E-state index in [0.29, 0.717) is 13.0 Å². The maximum absolute atomic E-state index is 12.0. The Hall–Kier alpha value is -1.94. The summed E-state index contributed by atoms with van der Waals surface area (Å²) in [5.41, 5.74) is 6.76. The highest BCUT2D eigenvalue weighted by molar-refractivity contribution is 14.1. The van der Waals surface area contributed by atoms with E-state index in [0.717, 1.165) is 29.6 Å². The summed E-state index contributed by atoms with van der Waals surface area (Å²) in [6.45, 7) is 2.55. The first-order valence-electron chi connectivity index (χ1n) is 9.04. The van der Waals surface area contributed by atoms with Crippen molar-refractivity contribution < 1.29 is 9.53 Å². The molecular weight excluding hydrogens is 590 g/mol. The molecule has 0 spiro atoms. The lowest BCUT2D eigenvalue weighted by Gasteiger charge is -2.11. The second kappa shape index (κ2) is 10.7. The summed E-state index contributed by atoms with van der Waals surface area (Å²) in [6, 6.07) is 22.0. The van der Waals surface area contributed by atoms with Crippen LogP contribution < -0.4 is 10.2 Å². The van der Waals surface area contributed by atoms with Crippen molar-refractivity contribution in [3.63, 3.8) is 0 Å². The van der Waals surface area contributed by atoms with E-state index in [1.54, 1.807) is 6.21 Å². The van der Waals surface area contributed by atoms with Gasteiger partial charge in [-0.05, 0) is 80.9 Å². The van der Waals surface area contributed by atoms with Gasteiger partial charge in [0.2, 0.25) is 5.91 Å². The molecule has 0 heterocycles. The molecule has 1 amide bonds. The van der Waals surface area contributed by atoms with Gasteiger partial charge in [0, 0.05) is 0 Å². The predicted molar refractivity (Wildman–Crippen MR) is 133 cm³/mol. The summed E-state index contributed by atoms with van der Waals surface area (Å²) in [5, 5.41) is 4.09. The van der Waals surface area contributed by atoms with E-state index < -0.39 is 0 Å². The lowest BCUT2D eigenvalue weighted by molar-refractivity contribution is -0.120. The van der Waals surface area contributed by atoms with Gasteiger partial charge in [0.25, 0.3) is 0 Å². The van der Waals surface area contributed by atoms with Crippen molar-refractivity contribution in [1.82, 2.24) is 5.43 Å². The molecule has 3 rings (SSSR count). The molecule has 29 heavy (non-hydrogen) atoms. The molecular formula is C23H20I2N2O2. The molecule has 0 unspecified atom stereocenters. The maximum atomic E-state index is 12.0. The van der Waals surface area contributed by atoms with E-state index in [9.17, 15) is 4.79 Å². The lowest BCUT2D eigenvalue weighted by atomic mass is 10.1. The van der Waals surface area contributed by atoms with Gasteiger partial charge in [-0.1, -0.05) is 60.2 Å². The summed E-state index contributed by atoms with van der Waals surface area (Å²) < 4.78 is 7.99. The highest BCUT2D eigenvalue weighted by Crippen LogP contribution is 2.29. The molecule has 0 aliphatic carbocycles. The van der Waals surface area contributed by atoms with Crippen LogP contribution >= 0.6 is 45.2 Å². The molecule has 0 saturated carbocycles. The quantitative estimate of drug-likeness (QED) is 0.219. The number of nitrogens with one attached hydrogen (secondary N) is 1. The van der Waals surface area contributed by atoms with Gasteiger partial charge in [-0.15, -0.1) is 0 Å². The average molecular weight is 610 g/mol. The third-order valence-electron chi connectivity index (χ3n) is 4.13. The van der Waals surface area contributed by atoms with Crippen LogP contribution in [-0.4, -0.2) is 12.1 Å². The number of hydrogen-bond acceptors (Lipinski definition) is 3. The Bertz CT molecular complexity index is 980. The second-order valence-electron chi connectivity index (χ2n) is 6.54. The molecule has 3 aromatic carbocycles. The highest BCUT2D eigenvalue weighted by Gasteiger charge is 2.09. The number of benzene rings is 3. The van der Waals surface area contributed by atoms with Crippen LogP contribution in [0.15, 0.2) is 71.8 Å². The van der Waals surface area contributed by atoms with Gasteiger partial charge in [0.15, 0.2) is 0 Å². The van der Waals surface area contributed by atoms with Crippen LogP contribution in [0.3, 0.4) is 0 Å². The Morgan fingerprint density at radius 1 is 1.00 bits per heavy atom. The molecule has 0 radical (unpaired) electrons. The predicted octanol–water partition coefficient (Wildman–Crippen LogP) is 5.48. The molecule has 0 aliphatic rings. The summed E-state index contributed by atoms with van der Waals surface area (Å²) in [4.78, 5) is 12.0. The van der Waals surface area contributed by atoms with Crippen molar-refractivity contribution in [2.24, 2.45) is 5.10 Å². The zero-order valence-corrected chi connectivity index (χ0v) is 20.2. The molecule has 0 bridgehead atoms. The fraction of sp³-hybridized carbons (Fsp3) is 0.130. The van der Waals surface area contributed by atoms with Crippen LogP contribution in [0.25, 0.3) is 0 Å². The van der Waals surface area contributed by atoms with E-state index >= 15 is 0 Å². The van der Waals surface area contributed by atoms with Crippen molar-refractivity contribution in [3.05, 3.63) is 96.1 Å². The maximum Gasteiger partial charge on any atom is 0.244 e. The zero-order chi connectivity index (χ0) is 20.6. The minimum absolute atomic E-state index is 0.141. The molecule has 0 aliphatic heterocycles. The molecule has 4 nitrogen and oxygen atoms in total. The molecule has 1 N–H and O–H groups in total. The number of carbonyl (C=O) groups excluding carboxylic acids is 1. The van der Waals surface area contributed by atoms with Gasteiger partial charge in [-0.2, -0.15) is 5.10 Å². The number of nitrogens with zero attached hydrogens (tertiary/aromatic N) is 1. The number of aryl methyl sites for hydroxylation is 1. The number of amides is 1. The van der Waals surface area contributed by atoms with E-state index in [2.05, 4.69) is 55.7 Å². The molecule has 6 heteroatoms. The summed E-state index contributed by atoms with van der Waals surface area (Å²) in [7, 11) is 0. The average Bonchev–Trinajstić information content (AvgIpc) is 2.70. The van der Waals surface area contributed by atoms with Gasteiger partial charge >= 0.3 is 0 Å². The van der Waals surface area contributed by atoms with Gasteiger partial charge in [-0.25, -0.2) is 5.43 Å². The zero-order valence-electron chi connectivity index (χ0n) is 15.9. The van der Waals surface area contributed by atoms with Crippen molar-refractivity contribution in [2.45, 2.75) is 20.0 Å². The molecule has 0 atom stereocenters. The molecule has 0 aromatic heterocycles. The number of ether oxygens (including phenoxy) is 1. The van der Waals surface area contributed by atoms with Crippen LogP contribution in [0.2, 0.25) is 0 Å². The first kappa shape index (κ1) is 21.8. The number of hydrogen-bond donors (Lipinski definition) is 1. The van der Waals surface area contributed by atoms with Gasteiger partial charge in [0.1, 0.15) is 12.4 Å². The van der Waals surface area contributed by atoms with Crippen molar-refractivity contribution in [1.29, 1.82) is 0 Å². The van der Waals surface area contributed by atoms with Gasteiger partial charge in [-0.3, -0.25) is 4.79 Å². The molecule has 3 aromatic rings.